The van der Waals surface area contributed by atoms with Crippen LogP contribution in [-0.4, -0.2) is 23.1 Å². The van der Waals surface area contributed by atoms with Crippen LogP contribution in [0, 0.1) is 6.92 Å². The second-order valence-electron chi connectivity index (χ2n) is 6.15. The van der Waals surface area contributed by atoms with E-state index >= 15 is 0 Å². The molecule has 6 nitrogen and oxygen atoms in total. The summed E-state index contributed by atoms with van der Waals surface area (Å²) in [6.07, 6.45) is 2.93. The molecule has 3 N–H and O–H groups in total. The second-order valence-corrected chi connectivity index (χ2v) is 7.13. The average molecular weight is 405 g/mol. The van der Waals surface area contributed by atoms with Gasteiger partial charge in [-0.2, -0.15) is 5.10 Å². The first-order valence-corrected chi connectivity index (χ1v) is 9.65. The van der Waals surface area contributed by atoms with Crippen molar-refractivity contribution in [1.29, 1.82) is 0 Å². The predicted octanol–water partition coefficient (Wildman–Crippen LogP) is 3.68. The van der Waals surface area contributed by atoms with E-state index in [-0.39, 0.29) is 11.4 Å². The fourth-order valence-electron chi connectivity index (χ4n) is 2.46. The van der Waals surface area contributed by atoms with Crippen molar-refractivity contribution in [1.82, 2.24) is 10.7 Å². The Hall–Kier alpha value is -3.71. The Labute approximate surface area is 172 Å². The molecule has 0 atom stereocenters. The van der Waals surface area contributed by atoms with Crippen molar-refractivity contribution in [3.8, 4) is 5.75 Å². The van der Waals surface area contributed by atoms with E-state index in [1.807, 2.05) is 24.4 Å². The van der Waals surface area contributed by atoms with Crippen LogP contribution in [0.25, 0.3) is 6.08 Å². The maximum absolute atomic E-state index is 12.6. The molecular weight excluding hydrogens is 386 g/mol. The lowest BCUT2D eigenvalue weighted by atomic mass is 10.1. The molecule has 3 aromatic rings. The SMILES string of the molecule is Cc1ccc(O)c(C=NNC(=O)C(=Cc2cccs2)NC(=O)c2ccccc2)c1. The van der Waals surface area contributed by atoms with Crippen molar-refractivity contribution < 1.29 is 14.7 Å². The molecule has 0 radical (unpaired) electrons. The molecule has 146 valence electrons. The monoisotopic (exact) mass is 405 g/mol. The highest BCUT2D eigenvalue weighted by Gasteiger charge is 2.14. The van der Waals surface area contributed by atoms with Gasteiger partial charge in [0.2, 0.25) is 0 Å². The molecule has 0 unspecified atom stereocenters. The quantitative estimate of drug-likeness (QED) is 0.332. The number of hydrogen-bond donors (Lipinski definition) is 3. The fraction of sp³-hybridized carbons (Fsp3) is 0.0455. The van der Waals surface area contributed by atoms with Crippen LogP contribution >= 0.6 is 11.3 Å². The Bertz CT molecular complexity index is 1060. The molecule has 0 saturated heterocycles. The number of carbonyl (C=O) groups is 2. The summed E-state index contributed by atoms with van der Waals surface area (Å²) in [5.41, 5.74) is 4.31. The number of aryl methyl sites for hydroxylation is 1. The zero-order valence-electron chi connectivity index (χ0n) is 15.6. The van der Waals surface area contributed by atoms with Gasteiger partial charge in [-0.25, -0.2) is 5.43 Å². The highest BCUT2D eigenvalue weighted by atomic mass is 32.1. The molecule has 1 heterocycles. The predicted molar refractivity (Wildman–Crippen MR) is 115 cm³/mol. The number of amides is 2. The number of benzene rings is 2. The van der Waals surface area contributed by atoms with Gasteiger partial charge in [0.1, 0.15) is 11.4 Å². The Kier molecular flexibility index (Phi) is 6.55. The third kappa shape index (κ3) is 5.63. The Balaban J connectivity index is 1.77. The van der Waals surface area contributed by atoms with Crippen molar-refractivity contribution >= 4 is 35.4 Å². The second kappa shape index (κ2) is 9.48. The van der Waals surface area contributed by atoms with E-state index in [4.69, 9.17) is 0 Å². The van der Waals surface area contributed by atoms with E-state index in [0.29, 0.717) is 11.1 Å². The summed E-state index contributed by atoms with van der Waals surface area (Å²) in [5.74, 6) is -0.921. The largest absolute Gasteiger partial charge is 0.507 e. The van der Waals surface area contributed by atoms with Crippen LogP contribution in [0.15, 0.2) is 76.8 Å². The molecule has 2 amide bonds. The number of thiophene rings is 1. The number of nitrogens with zero attached hydrogens (tertiary/aromatic N) is 1. The van der Waals surface area contributed by atoms with Crippen LogP contribution < -0.4 is 10.7 Å². The summed E-state index contributed by atoms with van der Waals surface area (Å²) in [6.45, 7) is 1.89. The standard InChI is InChI=1S/C22H19N3O3S/c1-15-9-10-20(26)17(12-15)14-23-25-22(28)19(13-18-8-5-11-29-18)24-21(27)16-6-3-2-4-7-16/h2-14,26H,1H3,(H,24,27)(H,25,28). The van der Waals surface area contributed by atoms with Crippen molar-refractivity contribution in [2.45, 2.75) is 6.92 Å². The molecule has 2 aromatic carbocycles. The van der Waals surface area contributed by atoms with Gasteiger partial charge in [0, 0.05) is 16.0 Å². The molecule has 7 heteroatoms. The van der Waals surface area contributed by atoms with Crippen molar-refractivity contribution in [2.24, 2.45) is 5.10 Å². The molecule has 3 rings (SSSR count). The first-order valence-electron chi connectivity index (χ1n) is 8.77. The van der Waals surface area contributed by atoms with Gasteiger partial charge in [0.05, 0.1) is 6.21 Å². The number of carbonyl (C=O) groups excluding carboxylic acids is 2. The van der Waals surface area contributed by atoms with Gasteiger partial charge in [-0.15, -0.1) is 11.3 Å². The lowest BCUT2D eigenvalue weighted by Gasteiger charge is -2.08. The number of hydrogen-bond acceptors (Lipinski definition) is 5. The maximum Gasteiger partial charge on any atom is 0.287 e. The summed E-state index contributed by atoms with van der Waals surface area (Å²) < 4.78 is 0. The average Bonchev–Trinajstić information content (AvgIpc) is 3.23. The lowest BCUT2D eigenvalue weighted by molar-refractivity contribution is -0.117. The number of aromatic hydroxyl groups is 1. The van der Waals surface area contributed by atoms with Gasteiger partial charge in [-0.05, 0) is 48.7 Å². The molecule has 29 heavy (non-hydrogen) atoms. The minimum atomic E-state index is -0.578. The highest BCUT2D eigenvalue weighted by Crippen LogP contribution is 2.16. The lowest BCUT2D eigenvalue weighted by Crippen LogP contribution is -2.32. The van der Waals surface area contributed by atoms with Crippen LogP contribution in [-0.2, 0) is 4.79 Å². The molecule has 0 spiro atoms. The van der Waals surface area contributed by atoms with E-state index in [1.54, 1.807) is 54.6 Å². The number of hydrazone groups is 1. The fourth-order valence-corrected chi connectivity index (χ4v) is 3.11. The van der Waals surface area contributed by atoms with E-state index in [9.17, 15) is 14.7 Å². The number of phenolic OH excluding ortho intramolecular Hbond substituents is 1. The Morgan fingerprint density at radius 3 is 2.59 bits per heavy atom. The molecule has 0 aliphatic carbocycles. The molecule has 0 bridgehead atoms. The van der Waals surface area contributed by atoms with Crippen LogP contribution in [0.4, 0.5) is 0 Å². The third-order valence-corrected chi connectivity index (χ3v) is 4.73. The molecule has 0 aliphatic heterocycles. The normalized spacial score (nSPS) is 11.4. The van der Waals surface area contributed by atoms with Crippen LogP contribution in [0.2, 0.25) is 0 Å². The Morgan fingerprint density at radius 2 is 1.86 bits per heavy atom. The number of phenols is 1. The first-order chi connectivity index (χ1) is 14.0. The van der Waals surface area contributed by atoms with Gasteiger partial charge >= 0.3 is 0 Å². The summed E-state index contributed by atoms with van der Waals surface area (Å²) in [5, 5.41) is 18.3. The van der Waals surface area contributed by atoms with Gasteiger partial charge < -0.3 is 10.4 Å². The van der Waals surface area contributed by atoms with Crippen molar-refractivity contribution in [2.75, 3.05) is 0 Å². The zero-order valence-corrected chi connectivity index (χ0v) is 16.4. The molecule has 0 fully saturated rings. The minimum Gasteiger partial charge on any atom is -0.507 e. The zero-order chi connectivity index (χ0) is 20.6. The van der Waals surface area contributed by atoms with E-state index in [2.05, 4.69) is 15.8 Å². The van der Waals surface area contributed by atoms with E-state index < -0.39 is 11.8 Å². The van der Waals surface area contributed by atoms with Crippen molar-refractivity contribution in [3.63, 3.8) is 0 Å². The first kappa shape index (κ1) is 20.0. The summed E-state index contributed by atoms with van der Waals surface area (Å²) >= 11 is 1.44. The highest BCUT2D eigenvalue weighted by molar-refractivity contribution is 7.10. The van der Waals surface area contributed by atoms with Gasteiger partial charge in [0.25, 0.3) is 11.8 Å². The molecular formula is C22H19N3O3S. The summed E-state index contributed by atoms with van der Waals surface area (Å²) in [6, 6.07) is 17.4. The third-order valence-electron chi connectivity index (χ3n) is 3.91. The summed E-state index contributed by atoms with van der Waals surface area (Å²) in [7, 11) is 0. The number of nitrogens with one attached hydrogen (secondary N) is 2. The van der Waals surface area contributed by atoms with Crippen molar-refractivity contribution in [3.05, 3.63) is 93.3 Å². The topological polar surface area (TPSA) is 90.8 Å². The smallest absolute Gasteiger partial charge is 0.287 e. The van der Waals surface area contributed by atoms with Gasteiger partial charge in [-0.3, -0.25) is 9.59 Å². The van der Waals surface area contributed by atoms with E-state index in [0.717, 1.165) is 10.4 Å². The van der Waals surface area contributed by atoms with Crippen LogP contribution in [0.3, 0.4) is 0 Å². The van der Waals surface area contributed by atoms with Gasteiger partial charge in [-0.1, -0.05) is 35.9 Å². The van der Waals surface area contributed by atoms with E-state index in [1.165, 1.54) is 17.6 Å². The molecule has 0 aliphatic rings. The molecule has 1 aromatic heterocycles. The maximum atomic E-state index is 12.6. The van der Waals surface area contributed by atoms with Gasteiger partial charge in [0.15, 0.2) is 0 Å². The van der Waals surface area contributed by atoms with Crippen LogP contribution in [0.5, 0.6) is 5.75 Å². The Morgan fingerprint density at radius 1 is 1.07 bits per heavy atom. The number of rotatable bonds is 6. The minimum absolute atomic E-state index is 0.0559. The van der Waals surface area contributed by atoms with Crippen LogP contribution in [0.1, 0.15) is 26.4 Å². The molecule has 0 saturated carbocycles. The summed E-state index contributed by atoms with van der Waals surface area (Å²) in [4.78, 5) is 25.9.